The van der Waals surface area contributed by atoms with Crippen LogP contribution in [-0.4, -0.2) is 58.5 Å². The third-order valence-electron chi connectivity index (χ3n) is 5.29. The Hall–Kier alpha value is -1.30. The average molecular weight is 347 g/mol. The second-order valence-corrected chi connectivity index (χ2v) is 8.42. The predicted octanol–water partition coefficient (Wildman–Crippen LogP) is 2.45. The fourth-order valence-corrected chi connectivity index (χ4v) is 4.56. The minimum Gasteiger partial charge on any atom is -0.356 e. The van der Waals surface area contributed by atoms with Crippen molar-refractivity contribution >= 4 is 23.5 Å². The van der Waals surface area contributed by atoms with Crippen molar-refractivity contribution in [1.29, 1.82) is 0 Å². The Morgan fingerprint density at radius 2 is 1.79 bits per heavy atom. The van der Waals surface area contributed by atoms with Gasteiger partial charge in [0.05, 0.1) is 0 Å². The van der Waals surface area contributed by atoms with Crippen molar-refractivity contribution in [3.8, 4) is 0 Å². The number of thioether (sulfide) groups is 1. The smallest absolute Gasteiger partial charge is 0.225 e. The highest BCUT2D eigenvalue weighted by Crippen LogP contribution is 2.38. The van der Waals surface area contributed by atoms with Gasteiger partial charge in [-0.2, -0.15) is 11.8 Å². The zero-order chi connectivity index (χ0) is 16.5. The number of aryl methyl sites for hydroxylation is 1. The Bertz CT molecular complexity index is 605. The lowest BCUT2D eigenvalue weighted by molar-refractivity contribution is -0.135. The summed E-state index contributed by atoms with van der Waals surface area (Å²) >= 11 is 1.95. The van der Waals surface area contributed by atoms with E-state index in [0.29, 0.717) is 11.8 Å². The van der Waals surface area contributed by atoms with Crippen LogP contribution in [0.4, 0.5) is 5.82 Å². The van der Waals surface area contributed by atoms with E-state index in [-0.39, 0.29) is 5.92 Å². The molecule has 1 amide bonds. The van der Waals surface area contributed by atoms with E-state index in [0.717, 1.165) is 67.9 Å². The number of aromatic nitrogens is 2. The topological polar surface area (TPSA) is 49.3 Å². The molecule has 1 aromatic heterocycles. The summed E-state index contributed by atoms with van der Waals surface area (Å²) in [5, 5.41) is 0. The normalized spacial score (nSPS) is 22.7. The molecule has 3 fully saturated rings. The summed E-state index contributed by atoms with van der Waals surface area (Å²) < 4.78 is 0. The zero-order valence-corrected chi connectivity index (χ0v) is 15.2. The van der Waals surface area contributed by atoms with Crippen molar-refractivity contribution in [3.05, 3.63) is 17.6 Å². The summed E-state index contributed by atoms with van der Waals surface area (Å²) in [5.74, 6) is 5.44. The van der Waals surface area contributed by atoms with E-state index in [1.54, 1.807) is 0 Å². The van der Waals surface area contributed by atoms with Gasteiger partial charge in [0.1, 0.15) is 11.6 Å². The first-order chi connectivity index (χ1) is 11.7. The van der Waals surface area contributed by atoms with Crippen molar-refractivity contribution in [3.63, 3.8) is 0 Å². The van der Waals surface area contributed by atoms with E-state index < -0.39 is 0 Å². The number of hydrogen-bond acceptors (Lipinski definition) is 5. The van der Waals surface area contributed by atoms with Gasteiger partial charge in [-0.1, -0.05) is 0 Å². The van der Waals surface area contributed by atoms with Crippen LogP contribution in [0.2, 0.25) is 0 Å². The molecule has 0 bridgehead atoms. The van der Waals surface area contributed by atoms with Gasteiger partial charge in [0.15, 0.2) is 0 Å². The molecule has 6 heteroatoms. The molecule has 24 heavy (non-hydrogen) atoms. The Morgan fingerprint density at radius 1 is 1.08 bits per heavy atom. The highest BCUT2D eigenvalue weighted by atomic mass is 32.2. The van der Waals surface area contributed by atoms with Crippen LogP contribution in [0.5, 0.6) is 0 Å². The lowest BCUT2D eigenvalue weighted by Crippen LogP contribution is -2.45. The van der Waals surface area contributed by atoms with Gasteiger partial charge in [-0.15, -0.1) is 0 Å². The second-order valence-electron chi connectivity index (χ2n) is 7.20. The largest absolute Gasteiger partial charge is 0.356 e. The van der Waals surface area contributed by atoms with E-state index in [1.807, 2.05) is 11.8 Å². The van der Waals surface area contributed by atoms with Crippen molar-refractivity contribution < 1.29 is 4.79 Å². The van der Waals surface area contributed by atoms with Crippen molar-refractivity contribution in [2.45, 2.75) is 38.5 Å². The molecule has 5 nitrogen and oxygen atoms in total. The Labute approximate surface area is 148 Å². The van der Waals surface area contributed by atoms with E-state index >= 15 is 0 Å². The number of carbonyl (C=O) groups is 1. The molecule has 0 spiro atoms. The molecule has 2 saturated heterocycles. The van der Waals surface area contributed by atoms with Gasteiger partial charge >= 0.3 is 0 Å². The Morgan fingerprint density at radius 3 is 2.46 bits per heavy atom. The molecule has 1 aliphatic carbocycles. The third-order valence-corrected chi connectivity index (χ3v) is 6.23. The molecule has 130 valence electrons. The van der Waals surface area contributed by atoms with E-state index in [2.05, 4.69) is 27.8 Å². The number of hydrogen-bond donors (Lipinski definition) is 0. The fraction of sp³-hybridized carbons (Fsp3) is 0.722. The SMILES string of the molecule is Cc1cc(N2CCC(C(=O)N3CCSCC3)CC2)nc(C2CC2)n1. The van der Waals surface area contributed by atoms with Crippen molar-refractivity contribution in [2.24, 2.45) is 5.92 Å². The number of amides is 1. The first-order valence-corrected chi connectivity index (χ1v) is 10.3. The maximum absolute atomic E-state index is 12.7. The van der Waals surface area contributed by atoms with Gasteiger partial charge in [-0.25, -0.2) is 9.97 Å². The molecule has 1 saturated carbocycles. The maximum atomic E-state index is 12.7. The van der Waals surface area contributed by atoms with Crippen LogP contribution in [0.25, 0.3) is 0 Å². The van der Waals surface area contributed by atoms with E-state index in [1.165, 1.54) is 12.8 Å². The van der Waals surface area contributed by atoms with Gasteiger partial charge in [0, 0.05) is 61.3 Å². The van der Waals surface area contributed by atoms with Crippen LogP contribution in [0.3, 0.4) is 0 Å². The lowest BCUT2D eigenvalue weighted by atomic mass is 9.95. The number of nitrogens with zero attached hydrogens (tertiary/aromatic N) is 4. The molecule has 2 aliphatic heterocycles. The molecule has 3 heterocycles. The minimum atomic E-state index is 0.204. The molecule has 0 unspecified atom stereocenters. The molecule has 0 aromatic carbocycles. The van der Waals surface area contributed by atoms with Crippen LogP contribution in [-0.2, 0) is 4.79 Å². The molecule has 0 atom stereocenters. The van der Waals surface area contributed by atoms with Gasteiger partial charge in [-0.3, -0.25) is 4.79 Å². The Balaban J connectivity index is 1.38. The van der Waals surface area contributed by atoms with E-state index in [9.17, 15) is 4.79 Å². The van der Waals surface area contributed by atoms with Gasteiger partial charge in [0.25, 0.3) is 0 Å². The predicted molar refractivity (Wildman–Crippen MR) is 97.6 cm³/mol. The van der Waals surface area contributed by atoms with Crippen molar-refractivity contribution in [1.82, 2.24) is 14.9 Å². The lowest BCUT2D eigenvalue weighted by Gasteiger charge is -2.36. The summed E-state index contributed by atoms with van der Waals surface area (Å²) in [6, 6.07) is 2.09. The van der Waals surface area contributed by atoms with Crippen LogP contribution < -0.4 is 4.90 Å². The van der Waals surface area contributed by atoms with Gasteiger partial charge < -0.3 is 9.80 Å². The highest BCUT2D eigenvalue weighted by molar-refractivity contribution is 7.99. The summed E-state index contributed by atoms with van der Waals surface area (Å²) in [7, 11) is 0. The zero-order valence-electron chi connectivity index (χ0n) is 14.4. The summed E-state index contributed by atoms with van der Waals surface area (Å²) in [6.45, 7) is 5.78. The number of rotatable bonds is 3. The molecule has 1 aromatic rings. The van der Waals surface area contributed by atoms with Crippen LogP contribution in [0.1, 0.15) is 43.1 Å². The fourth-order valence-electron chi connectivity index (χ4n) is 3.66. The molecule has 0 radical (unpaired) electrons. The summed E-state index contributed by atoms with van der Waals surface area (Å²) in [5.41, 5.74) is 1.06. The summed E-state index contributed by atoms with van der Waals surface area (Å²) in [6.07, 6.45) is 4.36. The monoisotopic (exact) mass is 346 g/mol. The molecule has 0 N–H and O–H groups in total. The highest BCUT2D eigenvalue weighted by Gasteiger charge is 2.31. The molecule has 4 rings (SSSR count). The Kier molecular flexibility index (Phi) is 4.66. The first kappa shape index (κ1) is 16.2. The van der Waals surface area contributed by atoms with Gasteiger partial charge in [0.2, 0.25) is 5.91 Å². The van der Waals surface area contributed by atoms with Crippen LogP contribution in [0, 0.1) is 12.8 Å². The number of carbonyl (C=O) groups excluding carboxylic acids is 1. The van der Waals surface area contributed by atoms with Crippen LogP contribution in [0.15, 0.2) is 6.07 Å². The minimum absolute atomic E-state index is 0.204. The number of anilines is 1. The first-order valence-electron chi connectivity index (χ1n) is 9.18. The quantitative estimate of drug-likeness (QED) is 0.841. The molecular weight excluding hydrogens is 320 g/mol. The third kappa shape index (κ3) is 3.53. The number of piperidine rings is 1. The summed E-state index contributed by atoms with van der Waals surface area (Å²) in [4.78, 5) is 26.5. The standard InChI is InChI=1S/C18H26N4OS/c1-13-12-16(20-17(19-13)14-2-3-14)21-6-4-15(5-7-21)18(23)22-8-10-24-11-9-22/h12,14-15H,2-11H2,1H3. The van der Waals surface area contributed by atoms with Crippen molar-refractivity contribution in [2.75, 3.05) is 42.6 Å². The van der Waals surface area contributed by atoms with Gasteiger partial charge in [-0.05, 0) is 32.6 Å². The average Bonchev–Trinajstić information content (AvgIpc) is 3.47. The van der Waals surface area contributed by atoms with Crippen LogP contribution >= 0.6 is 11.8 Å². The molecular formula is C18H26N4OS. The maximum Gasteiger partial charge on any atom is 0.225 e. The molecule has 3 aliphatic rings. The van der Waals surface area contributed by atoms with E-state index in [4.69, 9.17) is 4.98 Å². The second kappa shape index (κ2) is 6.90.